The topological polar surface area (TPSA) is 67.7 Å². The van der Waals surface area contributed by atoms with Crippen molar-refractivity contribution in [3.05, 3.63) is 17.4 Å². The first-order valence-corrected chi connectivity index (χ1v) is 7.11. The maximum Gasteiger partial charge on any atom is 0.410 e. The van der Waals surface area contributed by atoms with Gasteiger partial charge in [0.1, 0.15) is 5.60 Å². The molecule has 1 aliphatic rings. The van der Waals surface area contributed by atoms with Crippen molar-refractivity contribution in [3.63, 3.8) is 0 Å². The van der Waals surface area contributed by atoms with Gasteiger partial charge >= 0.3 is 12.1 Å². The van der Waals surface area contributed by atoms with E-state index in [1.54, 1.807) is 9.80 Å². The van der Waals surface area contributed by atoms with Gasteiger partial charge in [-0.15, -0.1) is 0 Å². The Labute approximate surface area is 128 Å². The molecule has 0 unspecified atom stereocenters. The molecule has 2 rings (SSSR count). The summed E-state index contributed by atoms with van der Waals surface area (Å²) in [7, 11) is 0. The molecule has 0 aliphatic carbocycles. The van der Waals surface area contributed by atoms with Crippen LogP contribution in [0.15, 0.2) is 12.4 Å². The standard InChI is InChI=1S/C13H19ClN4O3/c1-13(2,3)21-12(20)17-6-4-16(5-7-17)11(19)18-9-10(14)8-15-18/h8-9H,4-7H2,1-3H3. The van der Waals surface area contributed by atoms with Gasteiger partial charge in [-0.3, -0.25) is 0 Å². The molecular formula is C13H19ClN4O3. The second kappa shape index (κ2) is 5.93. The van der Waals surface area contributed by atoms with Crippen molar-refractivity contribution in [2.45, 2.75) is 26.4 Å². The Morgan fingerprint density at radius 3 is 2.24 bits per heavy atom. The van der Waals surface area contributed by atoms with E-state index in [1.165, 1.54) is 17.1 Å². The zero-order valence-corrected chi connectivity index (χ0v) is 13.1. The number of nitrogens with zero attached hydrogens (tertiary/aromatic N) is 4. The number of amides is 2. The fraction of sp³-hybridized carbons (Fsp3) is 0.615. The minimum atomic E-state index is -0.518. The van der Waals surface area contributed by atoms with Gasteiger partial charge in [-0.05, 0) is 20.8 Å². The quantitative estimate of drug-likeness (QED) is 0.735. The van der Waals surface area contributed by atoms with E-state index in [0.29, 0.717) is 31.2 Å². The van der Waals surface area contributed by atoms with Crippen molar-refractivity contribution in [1.29, 1.82) is 0 Å². The minimum absolute atomic E-state index is 0.245. The molecule has 0 radical (unpaired) electrons. The molecule has 116 valence electrons. The summed E-state index contributed by atoms with van der Waals surface area (Å²) in [6.45, 7) is 7.24. The Hall–Kier alpha value is -1.76. The molecule has 1 fully saturated rings. The van der Waals surface area contributed by atoms with Gasteiger partial charge in [0, 0.05) is 26.2 Å². The van der Waals surface area contributed by atoms with Crippen molar-refractivity contribution in [1.82, 2.24) is 19.6 Å². The fourth-order valence-corrected chi connectivity index (χ4v) is 2.09. The number of hydrogen-bond acceptors (Lipinski definition) is 4. The average Bonchev–Trinajstić information content (AvgIpc) is 2.83. The van der Waals surface area contributed by atoms with Crippen LogP contribution in [0.3, 0.4) is 0 Å². The highest BCUT2D eigenvalue weighted by Crippen LogP contribution is 2.13. The van der Waals surface area contributed by atoms with Crippen LogP contribution >= 0.6 is 11.6 Å². The number of rotatable bonds is 0. The molecule has 2 amide bonds. The zero-order chi connectivity index (χ0) is 15.6. The highest BCUT2D eigenvalue weighted by atomic mass is 35.5. The smallest absolute Gasteiger partial charge is 0.410 e. The second-order valence-electron chi connectivity index (χ2n) is 5.84. The Kier molecular flexibility index (Phi) is 4.41. The van der Waals surface area contributed by atoms with Crippen LogP contribution in [0.2, 0.25) is 5.02 Å². The van der Waals surface area contributed by atoms with Gasteiger partial charge in [-0.25, -0.2) is 9.59 Å². The van der Waals surface area contributed by atoms with E-state index < -0.39 is 5.60 Å². The number of piperazine rings is 1. The number of hydrogen-bond donors (Lipinski definition) is 0. The van der Waals surface area contributed by atoms with E-state index in [2.05, 4.69) is 5.10 Å². The van der Waals surface area contributed by atoms with E-state index in [9.17, 15) is 9.59 Å². The van der Waals surface area contributed by atoms with Crippen LogP contribution in [0.5, 0.6) is 0 Å². The van der Waals surface area contributed by atoms with Crippen molar-refractivity contribution >= 4 is 23.7 Å². The second-order valence-corrected chi connectivity index (χ2v) is 6.28. The number of ether oxygens (including phenoxy) is 1. The zero-order valence-electron chi connectivity index (χ0n) is 12.4. The Balaban J connectivity index is 1.88. The molecule has 0 spiro atoms. The summed E-state index contributed by atoms with van der Waals surface area (Å²) in [6, 6.07) is -0.245. The maximum atomic E-state index is 12.2. The molecule has 0 atom stereocenters. The van der Waals surface area contributed by atoms with Crippen LogP contribution in [-0.4, -0.2) is 63.5 Å². The summed E-state index contributed by atoms with van der Waals surface area (Å²) in [4.78, 5) is 27.3. The van der Waals surface area contributed by atoms with Crippen LogP contribution in [-0.2, 0) is 4.74 Å². The van der Waals surface area contributed by atoms with Crippen LogP contribution in [0, 0.1) is 0 Å². The van der Waals surface area contributed by atoms with Crippen LogP contribution in [0.4, 0.5) is 9.59 Å². The average molecular weight is 315 g/mol. The summed E-state index contributed by atoms with van der Waals surface area (Å²) < 4.78 is 6.51. The first-order chi connectivity index (χ1) is 9.76. The summed E-state index contributed by atoms with van der Waals surface area (Å²) >= 11 is 5.75. The third kappa shape index (κ3) is 4.10. The van der Waals surface area contributed by atoms with Gasteiger partial charge in [0.05, 0.1) is 17.4 Å². The highest BCUT2D eigenvalue weighted by Gasteiger charge is 2.28. The predicted octanol–water partition coefficient (Wildman–Crippen LogP) is 2.06. The molecule has 8 heteroatoms. The Morgan fingerprint density at radius 2 is 1.76 bits per heavy atom. The largest absolute Gasteiger partial charge is 0.444 e. The van der Waals surface area contributed by atoms with Gasteiger partial charge in [0.2, 0.25) is 0 Å². The van der Waals surface area contributed by atoms with Gasteiger partial charge in [0.25, 0.3) is 0 Å². The van der Waals surface area contributed by atoms with E-state index in [4.69, 9.17) is 16.3 Å². The molecule has 1 saturated heterocycles. The van der Waals surface area contributed by atoms with Crippen LogP contribution < -0.4 is 0 Å². The van der Waals surface area contributed by atoms with E-state index in [1.807, 2.05) is 20.8 Å². The van der Waals surface area contributed by atoms with Gasteiger partial charge in [-0.2, -0.15) is 9.78 Å². The Morgan fingerprint density at radius 1 is 1.19 bits per heavy atom. The molecule has 7 nitrogen and oxygen atoms in total. The lowest BCUT2D eigenvalue weighted by atomic mass is 10.2. The summed E-state index contributed by atoms with van der Waals surface area (Å²) in [6.07, 6.45) is 2.53. The Bertz CT molecular complexity index is 530. The summed E-state index contributed by atoms with van der Waals surface area (Å²) in [5, 5.41) is 4.29. The molecule has 0 aromatic carbocycles. The molecule has 0 bridgehead atoms. The lowest BCUT2D eigenvalue weighted by Gasteiger charge is -2.35. The first-order valence-electron chi connectivity index (χ1n) is 6.73. The van der Waals surface area contributed by atoms with E-state index in [0.717, 1.165) is 0 Å². The maximum absolute atomic E-state index is 12.2. The highest BCUT2D eigenvalue weighted by molar-refractivity contribution is 6.30. The lowest BCUT2D eigenvalue weighted by Crippen LogP contribution is -2.52. The van der Waals surface area contributed by atoms with Crippen LogP contribution in [0.25, 0.3) is 0 Å². The molecule has 1 aromatic heterocycles. The van der Waals surface area contributed by atoms with Crippen molar-refractivity contribution in [2.24, 2.45) is 0 Å². The summed E-state index contributed by atoms with van der Waals surface area (Å²) in [5.74, 6) is 0. The molecule has 21 heavy (non-hydrogen) atoms. The normalized spacial score (nSPS) is 16.0. The third-order valence-electron chi connectivity index (χ3n) is 2.95. The number of aromatic nitrogens is 2. The van der Waals surface area contributed by atoms with Crippen molar-refractivity contribution in [3.8, 4) is 0 Å². The van der Waals surface area contributed by atoms with Gasteiger partial charge in [-0.1, -0.05) is 11.6 Å². The SMILES string of the molecule is CC(C)(C)OC(=O)N1CCN(C(=O)n2cc(Cl)cn2)CC1. The molecule has 2 heterocycles. The van der Waals surface area contributed by atoms with E-state index in [-0.39, 0.29) is 12.1 Å². The van der Waals surface area contributed by atoms with Crippen molar-refractivity contribution in [2.75, 3.05) is 26.2 Å². The number of carbonyl (C=O) groups is 2. The van der Waals surface area contributed by atoms with E-state index >= 15 is 0 Å². The predicted molar refractivity (Wildman–Crippen MR) is 77.4 cm³/mol. The number of carbonyl (C=O) groups excluding carboxylic acids is 2. The van der Waals surface area contributed by atoms with Crippen molar-refractivity contribution < 1.29 is 14.3 Å². The summed E-state index contributed by atoms with van der Waals surface area (Å²) in [5.41, 5.74) is -0.518. The lowest BCUT2D eigenvalue weighted by molar-refractivity contribution is 0.0169. The van der Waals surface area contributed by atoms with Crippen LogP contribution in [0.1, 0.15) is 20.8 Å². The first kappa shape index (κ1) is 15.6. The molecule has 1 aliphatic heterocycles. The molecule has 0 saturated carbocycles. The molecular weight excluding hydrogens is 296 g/mol. The van der Waals surface area contributed by atoms with Gasteiger partial charge in [0.15, 0.2) is 0 Å². The molecule has 0 N–H and O–H groups in total. The third-order valence-corrected chi connectivity index (χ3v) is 3.14. The minimum Gasteiger partial charge on any atom is -0.444 e. The number of halogens is 1. The van der Waals surface area contributed by atoms with Gasteiger partial charge < -0.3 is 14.5 Å². The monoisotopic (exact) mass is 314 g/mol. The fourth-order valence-electron chi connectivity index (χ4n) is 1.96. The molecule has 1 aromatic rings.